The van der Waals surface area contributed by atoms with Crippen LogP contribution in [0.25, 0.3) is 0 Å². The van der Waals surface area contributed by atoms with Crippen LogP contribution in [0.5, 0.6) is 5.75 Å². The molecule has 0 amide bonds. The van der Waals surface area contributed by atoms with Gasteiger partial charge in [-0.05, 0) is 18.2 Å². The second-order valence-electron chi connectivity index (χ2n) is 5.24. The maximum absolute atomic E-state index is 12.7. The first-order chi connectivity index (χ1) is 12.3. The molecule has 0 unspecified atom stereocenters. The van der Waals surface area contributed by atoms with Gasteiger partial charge in [-0.1, -0.05) is 24.3 Å². The van der Waals surface area contributed by atoms with Gasteiger partial charge in [0.1, 0.15) is 5.75 Å². The minimum absolute atomic E-state index is 0.0759. The number of methoxy groups -OCH3 is 2. The van der Waals surface area contributed by atoms with Gasteiger partial charge in [0.2, 0.25) is 0 Å². The molecule has 0 bridgehead atoms. The van der Waals surface area contributed by atoms with Crippen molar-refractivity contribution in [2.75, 3.05) is 14.2 Å². The molecule has 0 heterocycles. The lowest BCUT2D eigenvalue weighted by Gasteiger charge is -2.15. The summed E-state index contributed by atoms with van der Waals surface area (Å²) in [5.74, 6) is -0.876. The first-order valence-corrected chi connectivity index (χ1v) is 7.47. The third-order valence-corrected chi connectivity index (χ3v) is 3.63. The van der Waals surface area contributed by atoms with E-state index in [1.807, 2.05) is 0 Å². The zero-order valence-electron chi connectivity index (χ0n) is 14.0. The van der Waals surface area contributed by atoms with Crippen LogP contribution in [0.1, 0.15) is 31.8 Å². The number of alkyl halides is 3. The Labute approximate surface area is 147 Å². The number of rotatable bonds is 6. The van der Waals surface area contributed by atoms with Gasteiger partial charge in [-0.15, -0.1) is 0 Å². The number of hydrogen-bond acceptors (Lipinski definition) is 5. The number of hydrogen-bond donors (Lipinski definition) is 1. The highest BCUT2D eigenvalue weighted by Crippen LogP contribution is 2.26. The molecule has 0 fully saturated rings. The fraction of sp³-hybridized carbons (Fsp3) is 0.222. The van der Waals surface area contributed by atoms with Gasteiger partial charge in [0.05, 0.1) is 19.8 Å². The molecule has 0 aliphatic heterocycles. The largest absolute Gasteiger partial charge is 0.496 e. The Morgan fingerprint density at radius 2 is 1.62 bits per heavy atom. The van der Waals surface area contributed by atoms with Crippen LogP contribution in [0.15, 0.2) is 42.5 Å². The number of ether oxygens (including phenoxy) is 2. The normalized spacial score (nSPS) is 11.1. The Morgan fingerprint density at radius 3 is 2.15 bits per heavy atom. The summed E-state index contributed by atoms with van der Waals surface area (Å²) in [5.41, 5.74) is 0.647. The monoisotopic (exact) mass is 367 g/mol. The summed E-state index contributed by atoms with van der Waals surface area (Å²) >= 11 is 0. The molecular formula is C18H16F3NO4. The van der Waals surface area contributed by atoms with E-state index in [2.05, 4.69) is 4.74 Å². The van der Waals surface area contributed by atoms with Gasteiger partial charge < -0.3 is 9.47 Å². The van der Waals surface area contributed by atoms with E-state index in [9.17, 15) is 22.8 Å². The number of esters is 1. The maximum Gasteiger partial charge on any atom is 0.457 e. The second-order valence-corrected chi connectivity index (χ2v) is 5.24. The number of benzene rings is 2. The van der Waals surface area contributed by atoms with Gasteiger partial charge in [0.15, 0.2) is 5.78 Å². The molecule has 0 radical (unpaired) electrons. The molecule has 5 nitrogen and oxygen atoms in total. The van der Waals surface area contributed by atoms with Crippen molar-refractivity contribution in [3.8, 4) is 5.75 Å². The summed E-state index contributed by atoms with van der Waals surface area (Å²) in [6.07, 6.45) is -4.59. The fourth-order valence-electron chi connectivity index (χ4n) is 2.37. The van der Waals surface area contributed by atoms with Crippen LogP contribution >= 0.6 is 0 Å². The predicted octanol–water partition coefficient (Wildman–Crippen LogP) is 3.32. The van der Waals surface area contributed by atoms with E-state index in [0.717, 1.165) is 0 Å². The minimum Gasteiger partial charge on any atom is -0.496 e. The Hall–Kier alpha value is -2.87. The number of carbonyl (C=O) groups is 2. The standard InChI is InChI=1S/C18H16F3NO4/c1-25-15-5-3-4-13(14(15)10-22-18(19,20)21)16(23)11-6-8-12(9-7-11)17(24)26-2/h3-9,22H,10H2,1-2H3. The number of ketones is 1. The lowest BCUT2D eigenvalue weighted by molar-refractivity contribution is -0.158. The summed E-state index contributed by atoms with van der Waals surface area (Å²) in [5, 5.41) is 1.40. The number of carbonyl (C=O) groups excluding carboxylic acids is 2. The molecule has 2 aromatic rings. The molecule has 1 N–H and O–H groups in total. The van der Waals surface area contributed by atoms with Gasteiger partial charge in [-0.3, -0.25) is 4.79 Å². The van der Waals surface area contributed by atoms with Gasteiger partial charge in [0, 0.05) is 23.2 Å². The smallest absolute Gasteiger partial charge is 0.457 e. The third-order valence-electron chi connectivity index (χ3n) is 3.63. The van der Waals surface area contributed by atoms with E-state index in [1.54, 1.807) is 0 Å². The predicted molar refractivity (Wildman–Crippen MR) is 87.1 cm³/mol. The van der Waals surface area contributed by atoms with Crippen LogP contribution in [0, 0.1) is 0 Å². The van der Waals surface area contributed by atoms with Crippen LogP contribution in [0.3, 0.4) is 0 Å². The summed E-state index contributed by atoms with van der Waals surface area (Å²) in [4.78, 5) is 24.2. The first-order valence-electron chi connectivity index (χ1n) is 7.47. The third kappa shape index (κ3) is 4.60. The molecule has 0 saturated carbocycles. The van der Waals surface area contributed by atoms with Crippen LogP contribution in [0.4, 0.5) is 13.2 Å². The molecule has 0 aliphatic carbocycles. The Bertz CT molecular complexity index is 801. The Balaban J connectivity index is 2.37. The molecule has 8 heteroatoms. The average molecular weight is 367 g/mol. The van der Waals surface area contributed by atoms with Crippen LogP contribution in [-0.4, -0.2) is 32.3 Å². The second kappa shape index (κ2) is 8.01. The van der Waals surface area contributed by atoms with E-state index in [-0.39, 0.29) is 28.0 Å². The van der Waals surface area contributed by atoms with E-state index >= 15 is 0 Å². The first kappa shape index (κ1) is 19.5. The van der Waals surface area contributed by atoms with E-state index < -0.39 is 24.6 Å². The highest BCUT2D eigenvalue weighted by Gasteiger charge is 2.28. The molecule has 0 aliphatic rings. The van der Waals surface area contributed by atoms with Crippen molar-refractivity contribution >= 4 is 11.8 Å². The zero-order chi connectivity index (χ0) is 19.3. The van der Waals surface area contributed by atoms with Crippen molar-refractivity contribution in [3.63, 3.8) is 0 Å². The molecule has 138 valence electrons. The van der Waals surface area contributed by atoms with Gasteiger partial charge in [0.25, 0.3) is 0 Å². The SMILES string of the molecule is COC(=O)c1ccc(C(=O)c2cccc(OC)c2CNC(F)(F)F)cc1. The summed E-state index contributed by atoms with van der Waals surface area (Å²) in [7, 11) is 2.55. The van der Waals surface area contributed by atoms with Crippen molar-refractivity contribution < 1.29 is 32.2 Å². The maximum atomic E-state index is 12.7. The van der Waals surface area contributed by atoms with Gasteiger partial charge >= 0.3 is 12.3 Å². The molecule has 26 heavy (non-hydrogen) atoms. The quantitative estimate of drug-likeness (QED) is 0.482. The van der Waals surface area contributed by atoms with Crippen LogP contribution < -0.4 is 10.1 Å². The van der Waals surface area contributed by atoms with E-state index in [1.165, 1.54) is 62.0 Å². The van der Waals surface area contributed by atoms with Crippen molar-refractivity contribution in [1.82, 2.24) is 5.32 Å². The van der Waals surface area contributed by atoms with Crippen LogP contribution in [-0.2, 0) is 11.3 Å². The molecular weight excluding hydrogens is 351 g/mol. The summed E-state index contributed by atoms with van der Waals surface area (Å²) < 4.78 is 47.2. The zero-order valence-corrected chi connectivity index (χ0v) is 14.0. The van der Waals surface area contributed by atoms with Crippen molar-refractivity contribution in [2.24, 2.45) is 0 Å². The minimum atomic E-state index is -4.59. The summed E-state index contributed by atoms with van der Waals surface area (Å²) in [6.45, 7) is -0.616. The molecule has 2 rings (SSSR count). The molecule has 0 saturated heterocycles. The highest BCUT2D eigenvalue weighted by atomic mass is 19.4. The number of nitrogens with one attached hydrogen (secondary N) is 1. The van der Waals surface area contributed by atoms with Gasteiger partial charge in [-0.25, -0.2) is 10.1 Å². The Morgan fingerprint density at radius 1 is 1.00 bits per heavy atom. The highest BCUT2D eigenvalue weighted by molar-refractivity contribution is 6.10. The van der Waals surface area contributed by atoms with Gasteiger partial charge in [-0.2, -0.15) is 13.2 Å². The fourth-order valence-corrected chi connectivity index (χ4v) is 2.37. The average Bonchev–Trinajstić information content (AvgIpc) is 2.64. The van der Waals surface area contributed by atoms with Crippen molar-refractivity contribution in [3.05, 3.63) is 64.7 Å². The summed E-state index contributed by atoms with van der Waals surface area (Å²) in [6, 6.07) is 10.1. The van der Waals surface area contributed by atoms with E-state index in [4.69, 9.17) is 4.74 Å². The number of halogens is 3. The Kier molecular flexibility index (Phi) is 5.99. The molecule has 2 aromatic carbocycles. The van der Waals surface area contributed by atoms with Crippen LogP contribution in [0.2, 0.25) is 0 Å². The lowest BCUT2D eigenvalue weighted by Crippen LogP contribution is -2.31. The topological polar surface area (TPSA) is 64.6 Å². The van der Waals surface area contributed by atoms with Crippen molar-refractivity contribution in [1.29, 1.82) is 0 Å². The molecule has 0 aromatic heterocycles. The molecule has 0 spiro atoms. The molecule has 0 atom stereocenters. The lowest BCUT2D eigenvalue weighted by atomic mass is 9.97. The van der Waals surface area contributed by atoms with Crippen molar-refractivity contribution in [2.45, 2.75) is 12.8 Å². The van der Waals surface area contributed by atoms with E-state index in [0.29, 0.717) is 0 Å².